The van der Waals surface area contributed by atoms with Crippen LogP contribution in [0.3, 0.4) is 0 Å². The molecule has 0 bridgehead atoms. The van der Waals surface area contributed by atoms with Crippen LogP contribution in [-0.4, -0.2) is 28.3 Å². The van der Waals surface area contributed by atoms with Crippen LogP contribution in [0.1, 0.15) is 23.3 Å². The van der Waals surface area contributed by atoms with Gasteiger partial charge in [0.1, 0.15) is 5.69 Å². The van der Waals surface area contributed by atoms with Gasteiger partial charge in [0, 0.05) is 18.2 Å². The van der Waals surface area contributed by atoms with Gasteiger partial charge in [0.05, 0.1) is 13.2 Å². The first kappa shape index (κ1) is 17.0. The lowest BCUT2D eigenvalue weighted by Gasteiger charge is -2.14. The third-order valence-electron chi connectivity index (χ3n) is 5.11. The summed E-state index contributed by atoms with van der Waals surface area (Å²) in [6.07, 6.45) is 2.30. The standard InChI is InChI=1S/C22H24N2O2/c25-16-18-8-6-17(7-9-18)12-19-10-11-24(14-19)15-21-13-22(23-26-21)20-4-2-1-3-5-20/h1-9,13,19,25H,10-12,14-16H2/t19-/m0/s1. The SMILES string of the molecule is OCc1ccc(C[C@@H]2CCN(Cc3cc(-c4ccccc4)no3)C2)cc1. The van der Waals surface area contributed by atoms with Gasteiger partial charge in [0.15, 0.2) is 5.76 Å². The Kier molecular flexibility index (Phi) is 5.14. The third-order valence-corrected chi connectivity index (χ3v) is 5.11. The molecule has 134 valence electrons. The maximum Gasteiger partial charge on any atom is 0.151 e. The van der Waals surface area contributed by atoms with Crippen molar-refractivity contribution in [1.82, 2.24) is 10.1 Å². The molecule has 0 saturated carbocycles. The summed E-state index contributed by atoms with van der Waals surface area (Å²) >= 11 is 0. The Morgan fingerprint density at radius 1 is 1.04 bits per heavy atom. The summed E-state index contributed by atoms with van der Waals surface area (Å²) in [5, 5.41) is 13.4. The Labute approximate surface area is 154 Å². The Bertz CT molecular complexity index is 827. The van der Waals surface area contributed by atoms with Gasteiger partial charge in [-0.05, 0) is 36.4 Å². The highest BCUT2D eigenvalue weighted by Crippen LogP contribution is 2.24. The molecule has 0 aliphatic carbocycles. The lowest BCUT2D eigenvalue weighted by Crippen LogP contribution is -2.20. The van der Waals surface area contributed by atoms with Crippen LogP contribution in [-0.2, 0) is 19.6 Å². The van der Waals surface area contributed by atoms with Gasteiger partial charge in [-0.3, -0.25) is 4.90 Å². The van der Waals surface area contributed by atoms with Crippen LogP contribution >= 0.6 is 0 Å². The lowest BCUT2D eigenvalue weighted by atomic mass is 9.98. The second kappa shape index (κ2) is 7.85. The Hall–Kier alpha value is -2.43. The van der Waals surface area contributed by atoms with E-state index in [1.807, 2.05) is 30.3 Å². The van der Waals surface area contributed by atoms with Gasteiger partial charge in [-0.25, -0.2) is 0 Å². The van der Waals surface area contributed by atoms with Gasteiger partial charge in [0.2, 0.25) is 0 Å². The van der Waals surface area contributed by atoms with E-state index in [1.54, 1.807) is 0 Å². The minimum absolute atomic E-state index is 0.111. The first-order valence-corrected chi connectivity index (χ1v) is 9.22. The summed E-state index contributed by atoms with van der Waals surface area (Å²) in [5.41, 5.74) is 4.31. The average Bonchev–Trinajstić information content (AvgIpc) is 3.33. The lowest BCUT2D eigenvalue weighted by molar-refractivity contribution is 0.266. The van der Waals surface area contributed by atoms with Gasteiger partial charge in [-0.2, -0.15) is 0 Å². The van der Waals surface area contributed by atoms with Crippen LogP contribution in [0.2, 0.25) is 0 Å². The molecule has 4 nitrogen and oxygen atoms in total. The molecule has 0 unspecified atom stereocenters. The molecule has 0 amide bonds. The number of nitrogens with zero attached hydrogens (tertiary/aromatic N) is 2. The van der Waals surface area contributed by atoms with E-state index in [9.17, 15) is 0 Å². The second-order valence-electron chi connectivity index (χ2n) is 7.11. The van der Waals surface area contributed by atoms with E-state index in [-0.39, 0.29) is 6.61 Å². The topological polar surface area (TPSA) is 49.5 Å². The van der Waals surface area contributed by atoms with E-state index in [1.165, 1.54) is 12.0 Å². The molecule has 1 aliphatic heterocycles. The molecule has 3 aromatic rings. The smallest absolute Gasteiger partial charge is 0.151 e. The maximum atomic E-state index is 9.14. The van der Waals surface area contributed by atoms with Gasteiger partial charge in [-0.1, -0.05) is 59.8 Å². The molecule has 4 heteroatoms. The molecule has 1 fully saturated rings. The van der Waals surface area contributed by atoms with Gasteiger partial charge in [-0.15, -0.1) is 0 Å². The fourth-order valence-corrected chi connectivity index (χ4v) is 3.69. The molecule has 0 radical (unpaired) electrons. The molecule has 4 rings (SSSR count). The zero-order valence-electron chi connectivity index (χ0n) is 14.8. The zero-order valence-corrected chi connectivity index (χ0v) is 14.8. The first-order chi connectivity index (χ1) is 12.8. The molecule has 1 saturated heterocycles. The van der Waals surface area contributed by atoms with Crippen molar-refractivity contribution >= 4 is 0 Å². The van der Waals surface area contributed by atoms with E-state index in [2.05, 4.69) is 40.4 Å². The largest absolute Gasteiger partial charge is 0.392 e. The number of aliphatic hydroxyl groups is 1. The fourth-order valence-electron chi connectivity index (χ4n) is 3.69. The van der Waals surface area contributed by atoms with E-state index >= 15 is 0 Å². The fraction of sp³-hybridized carbons (Fsp3) is 0.318. The molecule has 2 heterocycles. The van der Waals surface area contributed by atoms with Crippen molar-refractivity contribution in [2.75, 3.05) is 13.1 Å². The molecule has 2 aromatic carbocycles. The summed E-state index contributed by atoms with van der Waals surface area (Å²) in [6, 6.07) is 20.5. The van der Waals surface area contributed by atoms with Crippen molar-refractivity contribution in [3.63, 3.8) is 0 Å². The van der Waals surface area contributed by atoms with Crippen molar-refractivity contribution in [2.45, 2.75) is 26.0 Å². The zero-order chi connectivity index (χ0) is 17.8. The van der Waals surface area contributed by atoms with E-state index in [0.29, 0.717) is 5.92 Å². The predicted octanol–water partition coefficient (Wildman–Crippen LogP) is 3.90. The number of hydrogen-bond acceptors (Lipinski definition) is 4. The summed E-state index contributed by atoms with van der Waals surface area (Å²) in [7, 11) is 0. The van der Waals surface area contributed by atoms with Crippen LogP contribution < -0.4 is 0 Å². The Morgan fingerprint density at radius 3 is 2.58 bits per heavy atom. The number of rotatable bonds is 6. The highest BCUT2D eigenvalue weighted by atomic mass is 16.5. The molecule has 1 aromatic heterocycles. The highest BCUT2D eigenvalue weighted by Gasteiger charge is 2.23. The van der Waals surface area contributed by atoms with Gasteiger partial charge < -0.3 is 9.63 Å². The number of aromatic nitrogens is 1. The average molecular weight is 348 g/mol. The van der Waals surface area contributed by atoms with Crippen molar-refractivity contribution < 1.29 is 9.63 Å². The summed E-state index contributed by atoms with van der Waals surface area (Å²) in [5.74, 6) is 1.60. The maximum absolute atomic E-state index is 9.14. The molecule has 1 N–H and O–H groups in total. The quantitative estimate of drug-likeness (QED) is 0.734. The molecular weight excluding hydrogens is 324 g/mol. The van der Waals surface area contributed by atoms with Crippen molar-refractivity contribution in [3.05, 3.63) is 77.6 Å². The molecular formula is C22H24N2O2. The van der Waals surface area contributed by atoms with Crippen LogP contribution in [0.5, 0.6) is 0 Å². The third kappa shape index (κ3) is 4.03. The summed E-state index contributed by atoms with van der Waals surface area (Å²) < 4.78 is 5.54. The molecule has 1 aliphatic rings. The van der Waals surface area contributed by atoms with E-state index in [4.69, 9.17) is 9.63 Å². The minimum Gasteiger partial charge on any atom is -0.392 e. The number of benzene rings is 2. The van der Waals surface area contributed by atoms with Crippen LogP contribution in [0.4, 0.5) is 0 Å². The second-order valence-corrected chi connectivity index (χ2v) is 7.11. The van der Waals surface area contributed by atoms with Crippen LogP contribution in [0, 0.1) is 5.92 Å². The Morgan fingerprint density at radius 2 is 1.81 bits per heavy atom. The minimum atomic E-state index is 0.111. The van der Waals surface area contributed by atoms with E-state index in [0.717, 1.165) is 48.6 Å². The van der Waals surface area contributed by atoms with Crippen LogP contribution in [0.25, 0.3) is 11.3 Å². The number of hydrogen-bond donors (Lipinski definition) is 1. The normalized spacial score (nSPS) is 17.7. The number of aliphatic hydroxyl groups excluding tert-OH is 1. The van der Waals surface area contributed by atoms with Crippen molar-refractivity contribution in [2.24, 2.45) is 5.92 Å². The monoisotopic (exact) mass is 348 g/mol. The van der Waals surface area contributed by atoms with Crippen LogP contribution in [0.15, 0.2) is 65.2 Å². The Balaban J connectivity index is 1.32. The molecule has 26 heavy (non-hydrogen) atoms. The summed E-state index contributed by atoms with van der Waals surface area (Å²) in [4.78, 5) is 2.45. The highest BCUT2D eigenvalue weighted by molar-refractivity contribution is 5.58. The van der Waals surface area contributed by atoms with Crippen molar-refractivity contribution in [1.29, 1.82) is 0 Å². The predicted molar refractivity (Wildman–Crippen MR) is 101 cm³/mol. The van der Waals surface area contributed by atoms with Crippen molar-refractivity contribution in [3.8, 4) is 11.3 Å². The number of likely N-dealkylation sites (tertiary alicyclic amines) is 1. The van der Waals surface area contributed by atoms with E-state index < -0.39 is 0 Å². The first-order valence-electron chi connectivity index (χ1n) is 9.22. The van der Waals surface area contributed by atoms with Gasteiger partial charge >= 0.3 is 0 Å². The summed E-state index contributed by atoms with van der Waals surface area (Å²) in [6.45, 7) is 3.11. The van der Waals surface area contributed by atoms with Gasteiger partial charge in [0.25, 0.3) is 0 Å². The molecule has 0 spiro atoms. The molecule has 1 atom stereocenters.